The van der Waals surface area contributed by atoms with Crippen molar-refractivity contribution < 1.29 is 14.7 Å². The highest BCUT2D eigenvalue weighted by atomic mass is 16.4. The molecular weight excluding hydrogens is 208 g/mol. The zero-order valence-electron chi connectivity index (χ0n) is 10.3. The molecule has 0 spiro atoms. The average molecular weight is 230 g/mol. The van der Waals surface area contributed by atoms with Crippen LogP contribution in [0.4, 0.5) is 4.79 Å². The maximum atomic E-state index is 11.5. The molecule has 5 heteroatoms. The van der Waals surface area contributed by atoms with Gasteiger partial charge in [0.05, 0.1) is 5.92 Å². The molecule has 94 valence electrons. The summed E-state index contributed by atoms with van der Waals surface area (Å²) in [5.74, 6) is -1.44. The first-order chi connectivity index (χ1) is 7.49. The lowest BCUT2D eigenvalue weighted by Gasteiger charge is -2.18. The minimum atomic E-state index is -0.895. The van der Waals surface area contributed by atoms with Gasteiger partial charge in [0.15, 0.2) is 0 Å². The second kappa shape index (κ2) is 7.96. The number of aliphatic carboxylic acids is 1. The number of unbranched alkanes of at least 4 members (excludes halogenated alkanes) is 2. The van der Waals surface area contributed by atoms with Crippen LogP contribution in [-0.2, 0) is 4.79 Å². The van der Waals surface area contributed by atoms with Gasteiger partial charge in [0.1, 0.15) is 0 Å². The molecule has 0 saturated carbocycles. The number of carbonyl (C=O) groups is 2. The van der Waals surface area contributed by atoms with Crippen molar-refractivity contribution in [2.24, 2.45) is 5.92 Å². The van der Waals surface area contributed by atoms with Gasteiger partial charge in [0.25, 0.3) is 0 Å². The number of carboxylic acid groups (broad SMARTS) is 1. The third kappa shape index (κ3) is 6.27. The van der Waals surface area contributed by atoms with E-state index >= 15 is 0 Å². The fourth-order valence-corrected chi connectivity index (χ4v) is 1.16. The first kappa shape index (κ1) is 14.7. The van der Waals surface area contributed by atoms with Gasteiger partial charge < -0.3 is 15.3 Å². The fourth-order valence-electron chi connectivity index (χ4n) is 1.16. The van der Waals surface area contributed by atoms with Gasteiger partial charge >= 0.3 is 12.0 Å². The number of nitrogens with zero attached hydrogens (tertiary/aromatic N) is 1. The van der Waals surface area contributed by atoms with Crippen molar-refractivity contribution in [1.29, 1.82) is 0 Å². The van der Waals surface area contributed by atoms with Gasteiger partial charge in [-0.3, -0.25) is 4.79 Å². The van der Waals surface area contributed by atoms with Crippen LogP contribution in [0.1, 0.15) is 33.1 Å². The summed E-state index contributed by atoms with van der Waals surface area (Å²) in [5, 5.41) is 11.2. The van der Waals surface area contributed by atoms with E-state index in [1.165, 1.54) is 0 Å². The van der Waals surface area contributed by atoms with Crippen LogP contribution in [0, 0.1) is 5.92 Å². The van der Waals surface area contributed by atoms with Crippen LogP contribution in [-0.4, -0.2) is 42.1 Å². The van der Waals surface area contributed by atoms with E-state index in [1.807, 2.05) is 0 Å². The highest BCUT2D eigenvalue weighted by Crippen LogP contribution is 1.97. The molecule has 2 N–H and O–H groups in total. The Morgan fingerprint density at radius 2 is 2.00 bits per heavy atom. The summed E-state index contributed by atoms with van der Waals surface area (Å²) < 4.78 is 0. The summed E-state index contributed by atoms with van der Waals surface area (Å²) >= 11 is 0. The van der Waals surface area contributed by atoms with Gasteiger partial charge in [0.2, 0.25) is 0 Å². The summed E-state index contributed by atoms with van der Waals surface area (Å²) in [6, 6.07) is -0.204. The van der Waals surface area contributed by atoms with Gasteiger partial charge in [-0.2, -0.15) is 0 Å². The molecule has 0 fully saturated rings. The minimum absolute atomic E-state index is 0.173. The SMILES string of the molecule is CCCCCN(C)C(=O)NCC(C)C(=O)O. The summed E-state index contributed by atoms with van der Waals surface area (Å²) in [6.07, 6.45) is 3.20. The number of carboxylic acids is 1. The third-order valence-corrected chi connectivity index (χ3v) is 2.42. The fraction of sp³-hybridized carbons (Fsp3) is 0.818. The molecule has 0 bridgehead atoms. The molecule has 0 saturated heterocycles. The summed E-state index contributed by atoms with van der Waals surface area (Å²) in [7, 11) is 1.72. The van der Waals surface area contributed by atoms with Crippen LogP contribution in [0.25, 0.3) is 0 Å². The minimum Gasteiger partial charge on any atom is -0.481 e. The first-order valence-electron chi connectivity index (χ1n) is 5.70. The smallest absolute Gasteiger partial charge is 0.317 e. The molecule has 1 unspecified atom stereocenters. The molecule has 1 atom stereocenters. The van der Waals surface area contributed by atoms with Crippen molar-refractivity contribution in [1.82, 2.24) is 10.2 Å². The topological polar surface area (TPSA) is 69.6 Å². The molecule has 0 aromatic rings. The molecule has 2 amide bonds. The van der Waals surface area contributed by atoms with Gasteiger partial charge in [0, 0.05) is 20.1 Å². The maximum Gasteiger partial charge on any atom is 0.317 e. The van der Waals surface area contributed by atoms with Crippen molar-refractivity contribution in [3.8, 4) is 0 Å². The average Bonchev–Trinajstić information content (AvgIpc) is 2.25. The van der Waals surface area contributed by atoms with Crippen LogP contribution in [0.3, 0.4) is 0 Å². The predicted octanol–water partition coefficient (Wildman–Crippen LogP) is 1.54. The normalized spacial score (nSPS) is 11.9. The van der Waals surface area contributed by atoms with Crippen molar-refractivity contribution in [3.05, 3.63) is 0 Å². The van der Waals surface area contributed by atoms with E-state index in [2.05, 4.69) is 12.2 Å². The number of urea groups is 1. The zero-order valence-corrected chi connectivity index (χ0v) is 10.3. The molecule has 0 radical (unpaired) electrons. The van der Waals surface area contributed by atoms with Crippen LogP contribution in [0.2, 0.25) is 0 Å². The Morgan fingerprint density at radius 1 is 1.38 bits per heavy atom. The quantitative estimate of drug-likeness (QED) is 0.652. The molecule has 0 aliphatic heterocycles. The first-order valence-corrected chi connectivity index (χ1v) is 5.70. The highest BCUT2D eigenvalue weighted by molar-refractivity contribution is 5.75. The van der Waals surface area contributed by atoms with Gasteiger partial charge in [-0.25, -0.2) is 4.79 Å². The standard InChI is InChI=1S/C11H22N2O3/c1-4-5-6-7-13(3)11(16)12-8-9(2)10(14)15/h9H,4-8H2,1-3H3,(H,12,16)(H,14,15). The summed E-state index contributed by atoms with van der Waals surface area (Å²) in [6.45, 7) is 4.56. The van der Waals surface area contributed by atoms with E-state index < -0.39 is 11.9 Å². The summed E-state index contributed by atoms with van der Waals surface area (Å²) in [4.78, 5) is 23.6. The number of rotatable bonds is 7. The second-order valence-electron chi connectivity index (χ2n) is 4.05. The molecule has 0 heterocycles. The highest BCUT2D eigenvalue weighted by Gasteiger charge is 2.13. The van der Waals surface area contributed by atoms with Crippen LogP contribution >= 0.6 is 0 Å². The molecule has 0 aliphatic rings. The molecule has 5 nitrogen and oxygen atoms in total. The largest absolute Gasteiger partial charge is 0.481 e. The Bertz CT molecular complexity index is 231. The zero-order chi connectivity index (χ0) is 12.6. The molecule has 0 aromatic heterocycles. The Labute approximate surface area is 96.8 Å². The Hall–Kier alpha value is -1.26. The number of amides is 2. The number of carbonyl (C=O) groups excluding carboxylic acids is 1. The van der Waals surface area contributed by atoms with E-state index in [0.717, 1.165) is 19.3 Å². The lowest BCUT2D eigenvalue weighted by atomic mass is 10.2. The van der Waals surface area contributed by atoms with E-state index in [-0.39, 0.29) is 12.6 Å². The van der Waals surface area contributed by atoms with Crippen LogP contribution < -0.4 is 5.32 Å². The number of nitrogens with one attached hydrogen (secondary N) is 1. The lowest BCUT2D eigenvalue weighted by molar-refractivity contribution is -0.140. The Balaban J connectivity index is 3.74. The molecule has 0 aliphatic carbocycles. The van der Waals surface area contributed by atoms with Crippen LogP contribution in [0.15, 0.2) is 0 Å². The lowest BCUT2D eigenvalue weighted by Crippen LogP contribution is -2.40. The van der Waals surface area contributed by atoms with E-state index in [1.54, 1.807) is 18.9 Å². The predicted molar refractivity (Wildman–Crippen MR) is 62.4 cm³/mol. The molecule has 0 rings (SSSR count). The van der Waals surface area contributed by atoms with Gasteiger partial charge in [-0.1, -0.05) is 26.7 Å². The summed E-state index contributed by atoms with van der Waals surface area (Å²) in [5.41, 5.74) is 0. The molecular formula is C11H22N2O3. The van der Waals surface area contributed by atoms with Crippen molar-refractivity contribution in [2.75, 3.05) is 20.1 Å². The van der Waals surface area contributed by atoms with E-state index in [9.17, 15) is 9.59 Å². The molecule has 16 heavy (non-hydrogen) atoms. The second-order valence-corrected chi connectivity index (χ2v) is 4.05. The monoisotopic (exact) mass is 230 g/mol. The third-order valence-electron chi connectivity index (χ3n) is 2.42. The number of hydrogen-bond acceptors (Lipinski definition) is 2. The van der Waals surface area contributed by atoms with Gasteiger partial charge in [-0.15, -0.1) is 0 Å². The van der Waals surface area contributed by atoms with E-state index in [0.29, 0.717) is 6.54 Å². The Morgan fingerprint density at radius 3 is 2.50 bits per heavy atom. The van der Waals surface area contributed by atoms with E-state index in [4.69, 9.17) is 5.11 Å². The number of hydrogen-bond donors (Lipinski definition) is 2. The van der Waals surface area contributed by atoms with Crippen LogP contribution in [0.5, 0.6) is 0 Å². The Kier molecular flexibility index (Phi) is 7.33. The van der Waals surface area contributed by atoms with Crippen molar-refractivity contribution in [3.63, 3.8) is 0 Å². The van der Waals surface area contributed by atoms with Gasteiger partial charge in [-0.05, 0) is 6.42 Å². The van der Waals surface area contributed by atoms with Crippen molar-refractivity contribution in [2.45, 2.75) is 33.1 Å². The van der Waals surface area contributed by atoms with Crippen molar-refractivity contribution >= 4 is 12.0 Å². The maximum absolute atomic E-state index is 11.5. The molecule has 0 aromatic carbocycles.